The fraction of sp³-hybridized carbons (Fsp3) is 0.231. The number of phenolic OH excluding ortho intramolecular Hbond substituents is 1. The summed E-state index contributed by atoms with van der Waals surface area (Å²) in [4.78, 5) is 8.39. The molecule has 0 unspecified atom stereocenters. The summed E-state index contributed by atoms with van der Waals surface area (Å²) in [7, 11) is 0. The molecule has 2 aromatic rings. The van der Waals surface area contributed by atoms with E-state index in [1.807, 2.05) is 13.8 Å². The Labute approximate surface area is 104 Å². The van der Waals surface area contributed by atoms with Gasteiger partial charge in [-0.25, -0.2) is 9.97 Å². The molecule has 1 N–H and O–H groups in total. The SMILES string of the molecule is Cc1ncnc(C)c1-c1ccc(O)c2c1OCO2. The Morgan fingerprint density at radius 1 is 1.06 bits per heavy atom. The fourth-order valence-corrected chi connectivity index (χ4v) is 2.16. The Morgan fingerprint density at radius 3 is 2.44 bits per heavy atom. The van der Waals surface area contributed by atoms with E-state index in [2.05, 4.69) is 9.97 Å². The third-order valence-corrected chi connectivity index (χ3v) is 2.99. The summed E-state index contributed by atoms with van der Waals surface area (Å²) in [6, 6.07) is 3.39. The maximum absolute atomic E-state index is 9.71. The number of nitrogens with zero attached hydrogens (tertiary/aromatic N) is 2. The van der Waals surface area contributed by atoms with Gasteiger partial charge in [-0.15, -0.1) is 0 Å². The monoisotopic (exact) mass is 244 g/mol. The second-order valence-electron chi connectivity index (χ2n) is 4.12. The number of phenols is 1. The highest BCUT2D eigenvalue weighted by Gasteiger charge is 2.24. The molecule has 0 saturated carbocycles. The van der Waals surface area contributed by atoms with Crippen LogP contribution in [0.5, 0.6) is 17.2 Å². The molecule has 0 saturated heterocycles. The van der Waals surface area contributed by atoms with Crippen LogP contribution in [0.2, 0.25) is 0 Å². The summed E-state index contributed by atoms with van der Waals surface area (Å²) in [6.45, 7) is 3.95. The van der Waals surface area contributed by atoms with Crippen molar-refractivity contribution in [1.29, 1.82) is 0 Å². The van der Waals surface area contributed by atoms with Gasteiger partial charge in [0.25, 0.3) is 0 Å². The van der Waals surface area contributed by atoms with Crippen LogP contribution in [0, 0.1) is 13.8 Å². The minimum atomic E-state index is 0.0819. The zero-order chi connectivity index (χ0) is 12.7. The first kappa shape index (κ1) is 10.8. The molecule has 0 aliphatic carbocycles. The molecule has 1 aromatic carbocycles. The van der Waals surface area contributed by atoms with Crippen molar-refractivity contribution in [3.8, 4) is 28.4 Å². The van der Waals surface area contributed by atoms with Gasteiger partial charge in [-0.3, -0.25) is 0 Å². The molecule has 1 aliphatic rings. The molecule has 5 nitrogen and oxygen atoms in total. The van der Waals surface area contributed by atoms with Crippen LogP contribution in [-0.4, -0.2) is 21.9 Å². The van der Waals surface area contributed by atoms with E-state index in [1.165, 1.54) is 6.33 Å². The molecule has 0 amide bonds. The number of hydrogen-bond donors (Lipinski definition) is 1. The number of aromatic nitrogens is 2. The molecule has 18 heavy (non-hydrogen) atoms. The summed E-state index contributed by atoms with van der Waals surface area (Å²) in [6.07, 6.45) is 1.53. The summed E-state index contributed by atoms with van der Waals surface area (Å²) < 4.78 is 10.7. The molecule has 0 fully saturated rings. The van der Waals surface area contributed by atoms with Gasteiger partial charge in [-0.1, -0.05) is 0 Å². The summed E-state index contributed by atoms with van der Waals surface area (Å²) in [5.74, 6) is 1.02. The first-order valence-corrected chi connectivity index (χ1v) is 5.58. The predicted octanol–water partition coefficient (Wildman–Crippen LogP) is 2.19. The van der Waals surface area contributed by atoms with Crippen LogP contribution in [-0.2, 0) is 0 Å². The van der Waals surface area contributed by atoms with Gasteiger partial charge >= 0.3 is 0 Å². The van der Waals surface area contributed by atoms with Gasteiger partial charge in [-0.2, -0.15) is 0 Å². The highest BCUT2D eigenvalue weighted by atomic mass is 16.7. The van der Waals surface area contributed by atoms with Crippen molar-refractivity contribution in [2.45, 2.75) is 13.8 Å². The molecule has 0 spiro atoms. The van der Waals surface area contributed by atoms with Crippen molar-refractivity contribution in [3.05, 3.63) is 29.8 Å². The van der Waals surface area contributed by atoms with Crippen molar-refractivity contribution < 1.29 is 14.6 Å². The minimum Gasteiger partial charge on any atom is -0.504 e. The Morgan fingerprint density at radius 2 is 1.72 bits per heavy atom. The van der Waals surface area contributed by atoms with E-state index in [9.17, 15) is 5.11 Å². The zero-order valence-electron chi connectivity index (χ0n) is 10.1. The first-order valence-electron chi connectivity index (χ1n) is 5.58. The van der Waals surface area contributed by atoms with Crippen LogP contribution in [0.15, 0.2) is 18.5 Å². The molecule has 5 heteroatoms. The number of benzene rings is 1. The second-order valence-corrected chi connectivity index (χ2v) is 4.12. The van der Waals surface area contributed by atoms with Crippen molar-refractivity contribution in [2.75, 3.05) is 6.79 Å². The van der Waals surface area contributed by atoms with E-state index < -0.39 is 0 Å². The van der Waals surface area contributed by atoms with E-state index in [4.69, 9.17) is 9.47 Å². The van der Waals surface area contributed by atoms with Crippen LogP contribution in [0.1, 0.15) is 11.4 Å². The lowest BCUT2D eigenvalue weighted by molar-refractivity contribution is 0.171. The Balaban J connectivity index is 2.28. The zero-order valence-corrected chi connectivity index (χ0v) is 10.1. The maximum Gasteiger partial charge on any atom is 0.231 e. The van der Waals surface area contributed by atoms with Gasteiger partial charge in [0.2, 0.25) is 12.5 Å². The number of aryl methyl sites for hydroxylation is 2. The van der Waals surface area contributed by atoms with Crippen molar-refractivity contribution >= 4 is 0 Å². The molecule has 0 radical (unpaired) electrons. The largest absolute Gasteiger partial charge is 0.504 e. The van der Waals surface area contributed by atoms with Crippen molar-refractivity contribution in [3.63, 3.8) is 0 Å². The smallest absolute Gasteiger partial charge is 0.231 e. The highest BCUT2D eigenvalue weighted by Crippen LogP contribution is 2.47. The summed E-state index contributed by atoms with van der Waals surface area (Å²) in [5, 5.41) is 9.71. The van der Waals surface area contributed by atoms with Gasteiger partial charge in [0.05, 0.1) is 0 Å². The second kappa shape index (κ2) is 3.87. The van der Waals surface area contributed by atoms with Gasteiger partial charge in [0.1, 0.15) is 6.33 Å². The van der Waals surface area contributed by atoms with Gasteiger partial charge in [0, 0.05) is 22.5 Å². The molecule has 92 valence electrons. The standard InChI is InChI=1S/C13H12N2O3/c1-7-11(8(2)15-5-14-7)9-3-4-10(16)13-12(9)17-6-18-13/h3-5,16H,6H2,1-2H3. The first-order chi connectivity index (χ1) is 8.68. The predicted molar refractivity (Wildman–Crippen MR) is 64.7 cm³/mol. The van der Waals surface area contributed by atoms with E-state index in [0.717, 1.165) is 22.5 Å². The van der Waals surface area contributed by atoms with Gasteiger partial charge < -0.3 is 14.6 Å². The van der Waals surface area contributed by atoms with Gasteiger partial charge in [-0.05, 0) is 26.0 Å². The summed E-state index contributed by atoms with van der Waals surface area (Å²) >= 11 is 0. The average molecular weight is 244 g/mol. The molecule has 0 atom stereocenters. The van der Waals surface area contributed by atoms with Crippen LogP contribution >= 0.6 is 0 Å². The maximum atomic E-state index is 9.71. The van der Waals surface area contributed by atoms with Crippen LogP contribution in [0.4, 0.5) is 0 Å². The molecule has 3 rings (SSSR count). The molecular formula is C13H12N2O3. The lowest BCUT2D eigenvalue weighted by Gasteiger charge is -2.11. The topological polar surface area (TPSA) is 64.5 Å². The normalized spacial score (nSPS) is 12.8. The Hall–Kier alpha value is -2.30. The fourth-order valence-electron chi connectivity index (χ4n) is 2.16. The number of rotatable bonds is 1. The average Bonchev–Trinajstić information content (AvgIpc) is 2.81. The molecule has 2 heterocycles. The Bertz CT molecular complexity index is 606. The molecule has 1 aromatic heterocycles. The van der Waals surface area contributed by atoms with Gasteiger partial charge in [0.15, 0.2) is 11.5 Å². The molecule has 1 aliphatic heterocycles. The van der Waals surface area contributed by atoms with Crippen molar-refractivity contribution in [1.82, 2.24) is 9.97 Å². The quantitative estimate of drug-likeness (QED) is 0.833. The van der Waals surface area contributed by atoms with Crippen LogP contribution in [0.3, 0.4) is 0 Å². The third kappa shape index (κ3) is 1.48. The van der Waals surface area contributed by atoms with E-state index in [-0.39, 0.29) is 12.5 Å². The lowest BCUT2D eigenvalue weighted by atomic mass is 10.0. The van der Waals surface area contributed by atoms with E-state index in [1.54, 1.807) is 12.1 Å². The third-order valence-electron chi connectivity index (χ3n) is 2.99. The molecule has 0 bridgehead atoms. The van der Waals surface area contributed by atoms with Crippen LogP contribution in [0.25, 0.3) is 11.1 Å². The minimum absolute atomic E-state index is 0.0819. The number of ether oxygens (including phenoxy) is 2. The number of hydrogen-bond acceptors (Lipinski definition) is 5. The van der Waals surface area contributed by atoms with E-state index >= 15 is 0 Å². The number of fused-ring (bicyclic) bond motifs is 1. The van der Waals surface area contributed by atoms with Crippen LogP contribution < -0.4 is 9.47 Å². The lowest BCUT2D eigenvalue weighted by Crippen LogP contribution is -1.97. The summed E-state index contributed by atoms with van der Waals surface area (Å²) in [5.41, 5.74) is 3.49. The Kier molecular flexibility index (Phi) is 2.33. The number of aromatic hydroxyl groups is 1. The molecular weight excluding hydrogens is 232 g/mol. The highest BCUT2D eigenvalue weighted by molar-refractivity contribution is 5.79. The van der Waals surface area contributed by atoms with Crippen molar-refractivity contribution in [2.24, 2.45) is 0 Å². The van der Waals surface area contributed by atoms with E-state index in [0.29, 0.717) is 11.5 Å².